The molecule has 2 aromatic rings. The SMILES string of the molecule is Cc1ccc(NC(=O)CCNc2c(F)cc(C#N)cc2F)nc1. The van der Waals surface area contributed by atoms with Crippen LogP contribution in [0.15, 0.2) is 30.5 Å². The second-order valence-electron chi connectivity index (χ2n) is 4.87. The van der Waals surface area contributed by atoms with E-state index in [-0.39, 0.29) is 30.1 Å². The van der Waals surface area contributed by atoms with Crippen LogP contribution in [0, 0.1) is 29.9 Å². The lowest BCUT2D eigenvalue weighted by molar-refractivity contribution is -0.116. The van der Waals surface area contributed by atoms with Crippen LogP contribution in [0.3, 0.4) is 0 Å². The zero-order valence-electron chi connectivity index (χ0n) is 12.4. The number of hydrogen-bond donors (Lipinski definition) is 2. The first-order valence-corrected chi connectivity index (χ1v) is 6.85. The van der Waals surface area contributed by atoms with Gasteiger partial charge < -0.3 is 10.6 Å². The van der Waals surface area contributed by atoms with Crippen LogP contribution in [-0.4, -0.2) is 17.4 Å². The van der Waals surface area contributed by atoms with Gasteiger partial charge in [-0.3, -0.25) is 4.79 Å². The Bertz CT molecular complexity index is 731. The van der Waals surface area contributed by atoms with Gasteiger partial charge in [0.05, 0.1) is 11.6 Å². The topological polar surface area (TPSA) is 77.8 Å². The summed E-state index contributed by atoms with van der Waals surface area (Å²) in [6, 6.07) is 7.00. The number of rotatable bonds is 5. The lowest BCUT2D eigenvalue weighted by atomic mass is 10.2. The molecule has 2 rings (SSSR count). The molecule has 23 heavy (non-hydrogen) atoms. The number of carbonyl (C=O) groups is 1. The Kier molecular flexibility index (Phi) is 5.20. The van der Waals surface area contributed by atoms with E-state index in [0.717, 1.165) is 17.7 Å². The van der Waals surface area contributed by atoms with Crippen LogP contribution in [0.2, 0.25) is 0 Å². The Balaban J connectivity index is 1.89. The summed E-state index contributed by atoms with van der Waals surface area (Å²) < 4.78 is 27.3. The molecular weight excluding hydrogens is 302 g/mol. The third kappa shape index (κ3) is 4.48. The molecule has 0 radical (unpaired) electrons. The third-order valence-corrected chi connectivity index (χ3v) is 3.00. The van der Waals surface area contributed by atoms with Gasteiger partial charge in [0.25, 0.3) is 0 Å². The highest BCUT2D eigenvalue weighted by Crippen LogP contribution is 2.20. The van der Waals surface area contributed by atoms with E-state index < -0.39 is 11.6 Å². The maximum absolute atomic E-state index is 13.6. The number of nitriles is 1. The largest absolute Gasteiger partial charge is 0.380 e. The molecule has 0 saturated heterocycles. The number of anilines is 2. The van der Waals surface area contributed by atoms with E-state index in [1.54, 1.807) is 18.3 Å². The highest BCUT2D eigenvalue weighted by atomic mass is 19.1. The fraction of sp³-hybridized carbons (Fsp3) is 0.188. The Labute approximate surface area is 132 Å². The van der Waals surface area contributed by atoms with Gasteiger partial charge in [0.15, 0.2) is 11.6 Å². The second kappa shape index (κ2) is 7.31. The fourth-order valence-electron chi connectivity index (χ4n) is 1.85. The number of hydrogen-bond acceptors (Lipinski definition) is 4. The van der Waals surface area contributed by atoms with Gasteiger partial charge in [-0.25, -0.2) is 13.8 Å². The minimum absolute atomic E-state index is 0.00837. The van der Waals surface area contributed by atoms with E-state index in [2.05, 4.69) is 15.6 Å². The van der Waals surface area contributed by atoms with Gasteiger partial charge in [0, 0.05) is 19.2 Å². The normalized spacial score (nSPS) is 10.0. The molecule has 0 spiro atoms. The summed E-state index contributed by atoms with van der Waals surface area (Å²) in [5, 5.41) is 13.7. The molecule has 0 aliphatic rings. The number of nitrogens with zero attached hydrogens (tertiary/aromatic N) is 2. The lowest BCUT2D eigenvalue weighted by Crippen LogP contribution is -2.17. The first kappa shape index (κ1) is 16.4. The fourth-order valence-corrected chi connectivity index (χ4v) is 1.85. The third-order valence-electron chi connectivity index (χ3n) is 3.00. The van der Waals surface area contributed by atoms with Crippen molar-refractivity contribution in [3.05, 3.63) is 53.2 Å². The number of benzene rings is 1. The number of aromatic nitrogens is 1. The second-order valence-corrected chi connectivity index (χ2v) is 4.87. The van der Waals surface area contributed by atoms with Crippen molar-refractivity contribution in [1.29, 1.82) is 5.26 Å². The molecule has 0 fully saturated rings. The highest BCUT2D eigenvalue weighted by Gasteiger charge is 2.11. The van der Waals surface area contributed by atoms with E-state index in [1.807, 2.05) is 13.0 Å². The minimum Gasteiger partial charge on any atom is -0.380 e. The zero-order valence-corrected chi connectivity index (χ0v) is 12.4. The van der Waals surface area contributed by atoms with Crippen LogP contribution in [0.25, 0.3) is 0 Å². The quantitative estimate of drug-likeness (QED) is 0.889. The summed E-state index contributed by atoms with van der Waals surface area (Å²) in [6.45, 7) is 1.92. The predicted molar refractivity (Wildman–Crippen MR) is 81.8 cm³/mol. The van der Waals surface area contributed by atoms with E-state index in [9.17, 15) is 13.6 Å². The van der Waals surface area contributed by atoms with Crippen LogP contribution in [0.1, 0.15) is 17.5 Å². The average Bonchev–Trinajstić information content (AvgIpc) is 2.52. The molecule has 7 heteroatoms. The summed E-state index contributed by atoms with van der Waals surface area (Å²) >= 11 is 0. The van der Waals surface area contributed by atoms with Gasteiger partial charge in [-0.1, -0.05) is 6.07 Å². The molecule has 5 nitrogen and oxygen atoms in total. The lowest BCUT2D eigenvalue weighted by Gasteiger charge is -2.09. The number of aryl methyl sites for hydroxylation is 1. The summed E-state index contributed by atoms with van der Waals surface area (Å²) in [5.41, 5.74) is 0.510. The molecule has 0 saturated carbocycles. The summed E-state index contributed by atoms with van der Waals surface area (Å²) in [7, 11) is 0. The van der Waals surface area contributed by atoms with Crippen molar-refractivity contribution < 1.29 is 13.6 Å². The van der Waals surface area contributed by atoms with Crippen molar-refractivity contribution in [1.82, 2.24) is 4.98 Å². The maximum atomic E-state index is 13.6. The molecule has 1 aromatic heterocycles. The van der Waals surface area contributed by atoms with Gasteiger partial charge in [-0.15, -0.1) is 0 Å². The number of halogens is 2. The molecule has 1 heterocycles. The molecule has 0 atom stereocenters. The molecular formula is C16H14F2N4O. The highest BCUT2D eigenvalue weighted by molar-refractivity contribution is 5.90. The number of carbonyl (C=O) groups excluding carboxylic acids is 1. The van der Waals surface area contributed by atoms with Crippen molar-refractivity contribution in [2.45, 2.75) is 13.3 Å². The van der Waals surface area contributed by atoms with Crippen LogP contribution in [-0.2, 0) is 4.79 Å². The van der Waals surface area contributed by atoms with Gasteiger partial charge in [-0.2, -0.15) is 5.26 Å². The molecule has 1 amide bonds. The Hall–Kier alpha value is -3.01. The number of pyridine rings is 1. The Morgan fingerprint density at radius 3 is 2.57 bits per heavy atom. The van der Waals surface area contributed by atoms with Crippen molar-refractivity contribution in [2.75, 3.05) is 17.2 Å². The van der Waals surface area contributed by atoms with Gasteiger partial charge in [-0.05, 0) is 30.7 Å². The number of amides is 1. The van der Waals surface area contributed by atoms with E-state index in [4.69, 9.17) is 5.26 Å². The molecule has 0 unspecified atom stereocenters. The summed E-state index contributed by atoms with van der Waals surface area (Å²) in [5.74, 6) is -1.66. The molecule has 118 valence electrons. The molecule has 2 N–H and O–H groups in total. The first-order valence-electron chi connectivity index (χ1n) is 6.85. The molecule has 1 aromatic carbocycles. The molecule has 0 aliphatic heterocycles. The van der Waals surface area contributed by atoms with Gasteiger partial charge in [0.2, 0.25) is 5.91 Å². The maximum Gasteiger partial charge on any atom is 0.227 e. The Morgan fingerprint density at radius 2 is 2.00 bits per heavy atom. The minimum atomic E-state index is -0.873. The van der Waals surface area contributed by atoms with E-state index in [0.29, 0.717) is 5.82 Å². The predicted octanol–water partition coefficient (Wildman–Crippen LogP) is 2.98. The van der Waals surface area contributed by atoms with Crippen LogP contribution >= 0.6 is 0 Å². The summed E-state index contributed by atoms with van der Waals surface area (Å²) in [4.78, 5) is 15.8. The average molecular weight is 316 g/mol. The monoisotopic (exact) mass is 316 g/mol. The van der Waals surface area contributed by atoms with Crippen LogP contribution in [0.5, 0.6) is 0 Å². The van der Waals surface area contributed by atoms with Crippen molar-refractivity contribution >= 4 is 17.4 Å². The van der Waals surface area contributed by atoms with E-state index in [1.165, 1.54) is 0 Å². The van der Waals surface area contributed by atoms with Gasteiger partial charge >= 0.3 is 0 Å². The van der Waals surface area contributed by atoms with Gasteiger partial charge in [0.1, 0.15) is 11.5 Å². The van der Waals surface area contributed by atoms with Crippen LogP contribution in [0.4, 0.5) is 20.3 Å². The zero-order chi connectivity index (χ0) is 16.8. The van der Waals surface area contributed by atoms with E-state index >= 15 is 0 Å². The molecule has 0 aliphatic carbocycles. The Morgan fingerprint density at radius 1 is 1.30 bits per heavy atom. The van der Waals surface area contributed by atoms with Crippen molar-refractivity contribution in [3.63, 3.8) is 0 Å². The van der Waals surface area contributed by atoms with Crippen molar-refractivity contribution in [3.8, 4) is 6.07 Å². The number of nitrogens with one attached hydrogen (secondary N) is 2. The summed E-state index contributed by atoms with van der Waals surface area (Å²) in [6.07, 6.45) is 1.63. The first-order chi connectivity index (χ1) is 11.0. The standard InChI is InChI=1S/C16H14F2N4O/c1-10-2-3-14(21-9-10)22-15(23)4-5-20-16-12(17)6-11(8-19)7-13(16)18/h2-3,6-7,9,20H,4-5H2,1H3,(H,21,22,23). The van der Waals surface area contributed by atoms with Crippen molar-refractivity contribution in [2.24, 2.45) is 0 Å². The molecule has 0 bridgehead atoms. The smallest absolute Gasteiger partial charge is 0.227 e. The van der Waals surface area contributed by atoms with Crippen LogP contribution < -0.4 is 10.6 Å².